The Morgan fingerprint density at radius 3 is 2.72 bits per heavy atom. The van der Waals surface area contributed by atoms with E-state index in [0.29, 0.717) is 24.1 Å². The fourth-order valence-electron chi connectivity index (χ4n) is 1.46. The van der Waals surface area contributed by atoms with Gasteiger partial charge in [0.2, 0.25) is 5.88 Å². The van der Waals surface area contributed by atoms with Crippen LogP contribution in [0.4, 0.5) is 5.82 Å². The third-order valence-electron chi connectivity index (χ3n) is 2.32. The monoisotopic (exact) mass is 241 g/mol. The van der Waals surface area contributed by atoms with Crippen LogP contribution in [0.15, 0.2) is 48.6 Å². The number of hydrogen-bond acceptors (Lipinski definition) is 4. The standard InChI is InChI=1S/C14H15N3O/c1-2-3-9-18-13-10-12(15)16-14(17-13)11-7-5-4-6-8-11/h2-8,10H,9H2,1H3,(H2,15,16,17)/b3-2+. The van der Waals surface area contributed by atoms with E-state index >= 15 is 0 Å². The molecule has 0 aliphatic rings. The van der Waals surface area contributed by atoms with Gasteiger partial charge in [0.25, 0.3) is 0 Å². The van der Waals surface area contributed by atoms with Crippen LogP contribution >= 0.6 is 0 Å². The first-order chi connectivity index (χ1) is 8.79. The summed E-state index contributed by atoms with van der Waals surface area (Å²) >= 11 is 0. The Bertz CT molecular complexity index is 538. The summed E-state index contributed by atoms with van der Waals surface area (Å²) in [5, 5.41) is 0. The molecule has 1 aromatic carbocycles. The number of allylic oxidation sites excluding steroid dienone is 1. The summed E-state index contributed by atoms with van der Waals surface area (Å²) in [6.07, 6.45) is 3.82. The van der Waals surface area contributed by atoms with Crippen LogP contribution in [-0.2, 0) is 0 Å². The first kappa shape index (κ1) is 12.1. The van der Waals surface area contributed by atoms with Crippen molar-refractivity contribution in [1.29, 1.82) is 0 Å². The Balaban J connectivity index is 2.27. The van der Waals surface area contributed by atoms with Crippen molar-refractivity contribution >= 4 is 5.82 Å². The topological polar surface area (TPSA) is 61.0 Å². The van der Waals surface area contributed by atoms with Gasteiger partial charge in [0, 0.05) is 11.6 Å². The van der Waals surface area contributed by atoms with Crippen LogP contribution in [0.1, 0.15) is 6.92 Å². The molecule has 1 heterocycles. The van der Waals surface area contributed by atoms with Gasteiger partial charge in [-0.3, -0.25) is 0 Å². The molecule has 0 bridgehead atoms. The van der Waals surface area contributed by atoms with Gasteiger partial charge in [0.05, 0.1) is 0 Å². The van der Waals surface area contributed by atoms with Crippen LogP contribution in [0.2, 0.25) is 0 Å². The fraction of sp³-hybridized carbons (Fsp3) is 0.143. The third kappa shape index (κ3) is 3.07. The molecule has 2 aromatic rings. The maximum Gasteiger partial charge on any atom is 0.219 e. The van der Waals surface area contributed by atoms with Crippen molar-refractivity contribution in [3.05, 3.63) is 48.6 Å². The van der Waals surface area contributed by atoms with Crippen molar-refractivity contribution in [2.24, 2.45) is 0 Å². The largest absolute Gasteiger partial charge is 0.473 e. The number of nitrogens with zero attached hydrogens (tertiary/aromatic N) is 2. The van der Waals surface area contributed by atoms with E-state index in [9.17, 15) is 0 Å². The Morgan fingerprint density at radius 2 is 2.00 bits per heavy atom. The maximum absolute atomic E-state index is 5.75. The van der Waals surface area contributed by atoms with Crippen LogP contribution in [0, 0.1) is 0 Å². The molecule has 0 atom stereocenters. The minimum absolute atomic E-state index is 0.402. The summed E-state index contributed by atoms with van der Waals surface area (Å²) in [4.78, 5) is 8.53. The Morgan fingerprint density at radius 1 is 1.22 bits per heavy atom. The number of benzene rings is 1. The summed E-state index contributed by atoms with van der Waals surface area (Å²) in [5.74, 6) is 1.46. The molecular weight excluding hydrogens is 226 g/mol. The fourth-order valence-corrected chi connectivity index (χ4v) is 1.46. The average molecular weight is 241 g/mol. The summed E-state index contributed by atoms with van der Waals surface area (Å²) in [7, 11) is 0. The van der Waals surface area contributed by atoms with Crippen LogP contribution in [-0.4, -0.2) is 16.6 Å². The molecular formula is C14H15N3O. The van der Waals surface area contributed by atoms with E-state index in [2.05, 4.69) is 9.97 Å². The van der Waals surface area contributed by atoms with Crippen molar-refractivity contribution in [3.8, 4) is 17.3 Å². The Labute approximate surface area is 106 Å². The predicted octanol–water partition coefficient (Wildman–Crippen LogP) is 2.68. The second-order valence-electron chi connectivity index (χ2n) is 3.70. The van der Waals surface area contributed by atoms with E-state index in [-0.39, 0.29) is 0 Å². The number of hydrogen-bond donors (Lipinski definition) is 1. The lowest BCUT2D eigenvalue weighted by atomic mass is 10.2. The molecule has 0 aliphatic carbocycles. The molecule has 2 rings (SSSR count). The zero-order valence-electron chi connectivity index (χ0n) is 10.2. The smallest absolute Gasteiger partial charge is 0.219 e. The van der Waals surface area contributed by atoms with Crippen LogP contribution in [0.5, 0.6) is 5.88 Å². The van der Waals surface area contributed by atoms with Crippen molar-refractivity contribution < 1.29 is 4.74 Å². The molecule has 92 valence electrons. The molecule has 0 saturated heterocycles. The Hall–Kier alpha value is -2.36. The lowest BCUT2D eigenvalue weighted by molar-refractivity contribution is 0.348. The number of anilines is 1. The molecule has 0 aliphatic heterocycles. The highest BCUT2D eigenvalue weighted by molar-refractivity contribution is 5.57. The second-order valence-corrected chi connectivity index (χ2v) is 3.70. The average Bonchev–Trinajstić information content (AvgIpc) is 2.39. The van der Waals surface area contributed by atoms with Gasteiger partial charge in [0.1, 0.15) is 12.4 Å². The zero-order chi connectivity index (χ0) is 12.8. The van der Waals surface area contributed by atoms with Gasteiger partial charge < -0.3 is 10.5 Å². The van der Waals surface area contributed by atoms with E-state index in [1.165, 1.54) is 0 Å². The highest BCUT2D eigenvalue weighted by Crippen LogP contribution is 2.19. The molecule has 1 aromatic heterocycles. The highest BCUT2D eigenvalue weighted by Gasteiger charge is 2.05. The first-order valence-corrected chi connectivity index (χ1v) is 5.73. The lowest BCUT2D eigenvalue weighted by Crippen LogP contribution is -2.01. The summed E-state index contributed by atoms with van der Waals surface area (Å²) in [6.45, 7) is 2.41. The molecule has 18 heavy (non-hydrogen) atoms. The van der Waals surface area contributed by atoms with Crippen molar-refractivity contribution in [1.82, 2.24) is 9.97 Å². The van der Waals surface area contributed by atoms with Crippen molar-refractivity contribution in [2.45, 2.75) is 6.92 Å². The number of rotatable bonds is 4. The highest BCUT2D eigenvalue weighted by atomic mass is 16.5. The van der Waals surface area contributed by atoms with Gasteiger partial charge >= 0.3 is 0 Å². The van der Waals surface area contributed by atoms with Crippen LogP contribution in [0.3, 0.4) is 0 Å². The minimum Gasteiger partial charge on any atom is -0.473 e. The van der Waals surface area contributed by atoms with Gasteiger partial charge in [-0.15, -0.1) is 0 Å². The van der Waals surface area contributed by atoms with Gasteiger partial charge in [0.15, 0.2) is 5.82 Å². The van der Waals surface area contributed by atoms with Crippen LogP contribution in [0.25, 0.3) is 11.4 Å². The Kier molecular flexibility index (Phi) is 3.91. The van der Waals surface area contributed by atoms with Gasteiger partial charge in [-0.25, -0.2) is 4.98 Å². The molecule has 0 unspecified atom stereocenters. The maximum atomic E-state index is 5.75. The number of ether oxygens (including phenoxy) is 1. The van der Waals surface area contributed by atoms with Gasteiger partial charge in [-0.1, -0.05) is 42.5 Å². The SMILES string of the molecule is C/C=C/COc1cc(N)nc(-c2ccccc2)n1. The second kappa shape index (κ2) is 5.82. The molecule has 0 amide bonds. The molecule has 4 nitrogen and oxygen atoms in total. The first-order valence-electron chi connectivity index (χ1n) is 5.73. The molecule has 0 saturated carbocycles. The van der Waals surface area contributed by atoms with E-state index in [0.717, 1.165) is 5.56 Å². The third-order valence-corrected chi connectivity index (χ3v) is 2.32. The lowest BCUT2D eigenvalue weighted by Gasteiger charge is -2.06. The van der Waals surface area contributed by atoms with Gasteiger partial charge in [-0.2, -0.15) is 4.98 Å². The normalized spacial score (nSPS) is 10.7. The molecule has 0 spiro atoms. The predicted molar refractivity (Wildman–Crippen MR) is 72.2 cm³/mol. The van der Waals surface area contributed by atoms with E-state index in [4.69, 9.17) is 10.5 Å². The molecule has 2 N–H and O–H groups in total. The van der Waals surface area contributed by atoms with Crippen molar-refractivity contribution in [2.75, 3.05) is 12.3 Å². The molecule has 4 heteroatoms. The van der Waals surface area contributed by atoms with E-state index < -0.39 is 0 Å². The zero-order valence-corrected chi connectivity index (χ0v) is 10.2. The number of nitrogens with two attached hydrogens (primary N) is 1. The number of nitrogen functional groups attached to an aromatic ring is 1. The summed E-state index contributed by atoms with van der Waals surface area (Å²) < 4.78 is 5.47. The minimum atomic E-state index is 0.402. The van der Waals surface area contributed by atoms with E-state index in [1.807, 2.05) is 49.4 Å². The van der Waals surface area contributed by atoms with Crippen molar-refractivity contribution in [3.63, 3.8) is 0 Å². The van der Waals surface area contributed by atoms with E-state index in [1.54, 1.807) is 6.07 Å². The quantitative estimate of drug-likeness (QED) is 0.836. The molecule has 0 radical (unpaired) electrons. The number of aromatic nitrogens is 2. The molecule has 0 fully saturated rings. The van der Waals surface area contributed by atoms with Crippen LogP contribution < -0.4 is 10.5 Å². The summed E-state index contributed by atoms with van der Waals surface area (Å²) in [6, 6.07) is 11.3. The summed E-state index contributed by atoms with van der Waals surface area (Å²) in [5.41, 5.74) is 6.67. The van der Waals surface area contributed by atoms with Gasteiger partial charge in [-0.05, 0) is 6.92 Å².